The molecule has 1 aromatic heterocycles. The number of halogens is 1. The Bertz CT molecular complexity index is 686. The number of aryl methyl sites for hydroxylation is 2. The van der Waals surface area contributed by atoms with E-state index >= 15 is 0 Å². The van der Waals surface area contributed by atoms with Gasteiger partial charge >= 0.3 is 5.97 Å². The van der Waals surface area contributed by atoms with Gasteiger partial charge in [0.15, 0.2) is 5.82 Å². The zero-order valence-corrected chi connectivity index (χ0v) is 11.9. The number of anilines is 1. The van der Waals surface area contributed by atoms with E-state index in [0.29, 0.717) is 13.0 Å². The molecule has 0 radical (unpaired) electrons. The maximum Gasteiger partial charge on any atom is 0.322 e. The number of carboxylic acid groups (broad SMARTS) is 1. The Morgan fingerprint density at radius 1 is 1.33 bits per heavy atom. The number of carboxylic acids is 1. The second-order valence-corrected chi connectivity index (χ2v) is 4.78. The fraction of sp³-hybridized carbons (Fsp3) is 0.214. The van der Waals surface area contributed by atoms with Crippen LogP contribution in [0.15, 0.2) is 41.3 Å². The first-order valence-corrected chi connectivity index (χ1v) is 6.70. The molecule has 6 nitrogen and oxygen atoms in total. The van der Waals surface area contributed by atoms with Gasteiger partial charge in [-0.2, -0.15) is 0 Å². The lowest BCUT2D eigenvalue weighted by Gasteiger charge is -2.09. The Labute approximate surface area is 126 Å². The van der Waals surface area contributed by atoms with Crippen molar-refractivity contribution in [2.45, 2.75) is 13.0 Å². The van der Waals surface area contributed by atoms with Crippen molar-refractivity contribution in [2.75, 3.05) is 11.9 Å². The lowest BCUT2D eigenvalue weighted by atomic mass is 10.1. The van der Waals surface area contributed by atoms with E-state index in [0.717, 1.165) is 5.56 Å². The molecule has 7 heteroatoms. The van der Waals surface area contributed by atoms with Gasteiger partial charge in [0.1, 0.15) is 11.7 Å². The van der Waals surface area contributed by atoms with Gasteiger partial charge in [0, 0.05) is 12.7 Å². The molecule has 0 amide bonds. The molecule has 21 heavy (non-hydrogen) atoms. The molecular weight excluding hydrogens is 294 g/mol. The Hall–Kier alpha value is -2.34. The molecule has 0 saturated carbocycles. The van der Waals surface area contributed by atoms with E-state index in [-0.39, 0.29) is 17.5 Å². The molecular formula is C14H14ClN3O3. The van der Waals surface area contributed by atoms with Crippen LogP contribution in [0.1, 0.15) is 5.56 Å². The first kappa shape index (κ1) is 15.1. The molecule has 2 aromatic rings. The summed E-state index contributed by atoms with van der Waals surface area (Å²) in [5.74, 6) is -1.13. The molecule has 0 aliphatic rings. The second kappa shape index (κ2) is 6.90. The summed E-state index contributed by atoms with van der Waals surface area (Å²) < 4.78 is 1.42. The highest BCUT2D eigenvalue weighted by atomic mass is 35.5. The van der Waals surface area contributed by atoms with E-state index in [4.69, 9.17) is 16.7 Å². The molecule has 1 heterocycles. The molecule has 0 saturated heterocycles. The Balaban J connectivity index is 2.15. The summed E-state index contributed by atoms with van der Waals surface area (Å²) in [5.41, 5.74) is 0.703. The molecule has 0 atom stereocenters. The predicted molar refractivity (Wildman–Crippen MR) is 79.8 cm³/mol. The van der Waals surface area contributed by atoms with Crippen molar-refractivity contribution >= 4 is 23.4 Å². The van der Waals surface area contributed by atoms with Crippen molar-refractivity contribution in [3.63, 3.8) is 0 Å². The van der Waals surface area contributed by atoms with Crippen LogP contribution in [0.3, 0.4) is 0 Å². The SMILES string of the molecule is O=C(O)CNc1nc(Cl)cn(CCc2ccccc2)c1=O. The van der Waals surface area contributed by atoms with Gasteiger partial charge in [-0.05, 0) is 12.0 Å². The third-order valence-corrected chi connectivity index (χ3v) is 3.02. The Kier molecular flexibility index (Phi) is 4.94. The average molecular weight is 308 g/mol. The van der Waals surface area contributed by atoms with Gasteiger partial charge in [-0.15, -0.1) is 0 Å². The number of hydrogen-bond acceptors (Lipinski definition) is 4. The van der Waals surface area contributed by atoms with E-state index in [2.05, 4.69) is 10.3 Å². The molecule has 0 fully saturated rings. The van der Waals surface area contributed by atoms with Gasteiger partial charge in [0.25, 0.3) is 5.56 Å². The molecule has 110 valence electrons. The fourth-order valence-corrected chi connectivity index (χ4v) is 2.04. The number of aromatic nitrogens is 2. The first-order chi connectivity index (χ1) is 10.1. The highest BCUT2D eigenvalue weighted by Gasteiger charge is 2.09. The van der Waals surface area contributed by atoms with Crippen LogP contribution in [-0.2, 0) is 17.8 Å². The fourth-order valence-electron chi connectivity index (χ4n) is 1.84. The summed E-state index contributed by atoms with van der Waals surface area (Å²) in [6.45, 7) is 0.0497. The molecule has 2 rings (SSSR count). The maximum absolute atomic E-state index is 12.1. The lowest BCUT2D eigenvalue weighted by molar-refractivity contribution is -0.134. The third-order valence-electron chi connectivity index (χ3n) is 2.84. The van der Waals surface area contributed by atoms with Gasteiger partial charge in [0.05, 0.1) is 0 Å². The minimum Gasteiger partial charge on any atom is -0.480 e. The van der Waals surface area contributed by atoms with Gasteiger partial charge in [-0.1, -0.05) is 41.9 Å². The average Bonchev–Trinajstić information content (AvgIpc) is 2.47. The summed E-state index contributed by atoms with van der Waals surface area (Å²) in [7, 11) is 0. The minimum absolute atomic E-state index is 0.0574. The molecule has 0 bridgehead atoms. The standard InChI is InChI=1S/C14H14ClN3O3/c15-11-9-18(7-6-10-4-2-1-3-5-10)14(21)13(17-11)16-8-12(19)20/h1-5,9H,6-8H2,(H,16,17)(H,19,20). The number of aliphatic carboxylic acids is 1. The summed E-state index contributed by atoms with van der Waals surface area (Å²) in [6.07, 6.45) is 2.11. The number of nitrogens with zero attached hydrogens (tertiary/aromatic N) is 2. The van der Waals surface area contributed by atoms with Crippen LogP contribution < -0.4 is 10.9 Å². The quantitative estimate of drug-likeness (QED) is 0.847. The monoisotopic (exact) mass is 307 g/mol. The lowest BCUT2D eigenvalue weighted by Crippen LogP contribution is -2.27. The molecule has 2 N–H and O–H groups in total. The van der Waals surface area contributed by atoms with E-state index < -0.39 is 11.5 Å². The van der Waals surface area contributed by atoms with Crippen molar-refractivity contribution in [1.82, 2.24) is 9.55 Å². The van der Waals surface area contributed by atoms with Crippen molar-refractivity contribution in [3.05, 3.63) is 57.6 Å². The molecule has 0 aliphatic heterocycles. The second-order valence-electron chi connectivity index (χ2n) is 4.39. The van der Waals surface area contributed by atoms with Crippen LogP contribution in [0.5, 0.6) is 0 Å². The largest absolute Gasteiger partial charge is 0.480 e. The minimum atomic E-state index is -1.08. The van der Waals surface area contributed by atoms with E-state index in [1.54, 1.807) is 0 Å². The molecule has 0 unspecified atom stereocenters. The zero-order valence-electron chi connectivity index (χ0n) is 11.1. The zero-order chi connectivity index (χ0) is 15.2. The highest BCUT2D eigenvalue weighted by Crippen LogP contribution is 2.07. The van der Waals surface area contributed by atoms with Crippen LogP contribution in [-0.4, -0.2) is 27.2 Å². The Morgan fingerprint density at radius 3 is 2.71 bits per heavy atom. The normalized spacial score (nSPS) is 10.3. The van der Waals surface area contributed by atoms with Gasteiger partial charge in [-0.3, -0.25) is 9.59 Å². The van der Waals surface area contributed by atoms with Gasteiger partial charge in [0.2, 0.25) is 0 Å². The smallest absolute Gasteiger partial charge is 0.322 e. The van der Waals surface area contributed by atoms with E-state index in [1.165, 1.54) is 10.8 Å². The van der Waals surface area contributed by atoms with Crippen LogP contribution in [0.25, 0.3) is 0 Å². The molecule has 0 spiro atoms. The van der Waals surface area contributed by atoms with Gasteiger partial charge < -0.3 is 15.0 Å². The summed E-state index contributed by atoms with van der Waals surface area (Å²) in [5, 5.41) is 11.2. The number of carbonyl (C=O) groups is 1. The van der Waals surface area contributed by atoms with E-state index in [9.17, 15) is 9.59 Å². The molecule has 1 aromatic carbocycles. The van der Waals surface area contributed by atoms with E-state index in [1.807, 2.05) is 30.3 Å². The number of nitrogens with one attached hydrogen (secondary N) is 1. The summed E-state index contributed by atoms with van der Waals surface area (Å²) in [4.78, 5) is 26.5. The van der Waals surface area contributed by atoms with Crippen LogP contribution in [0.2, 0.25) is 5.15 Å². The summed E-state index contributed by atoms with van der Waals surface area (Å²) >= 11 is 5.86. The van der Waals surface area contributed by atoms with Gasteiger partial charge in [-0.25, -0.2) is 4.98 Å². The number of hydrogen-bond donors (Lipinski definition) is 2. The van der Waals surface area contributed by atoms with Crippen molar-refractivity contribution < 1.29 is 9.90 Å². The Morgan fingerprint density at radius 2 is 2.05 bits per heavy atom. The predicted octanol–water partition coefficient (Wildman–Crippen LogP) is 1.64. The maximum atomic E-state index is 12.1. The van der Waals surface area contributed by atoms with Crippen LogP contribution >= 0.6 is 11.6 Å². The van der Waals surface area contributed by atoms with Crippen molar-refractivity contribution in [1.29, 1.82) is 0 Å². The topological polar surface area (TPSA) is 84.2 Å². The molecule has 0 aliphatic carbocycles. The first-order valence-electron chi connectivity index (χ1n) is 6.33. The van der Waals surface area contributed by atoms with Crippen LogP contribution in [0, 0.1) is 0 Å². The van der Waals surface area contributed by atoms with Crippen molar-refractivity contribution in [3.8, 4) is 0 Å². The third kappa shape index (κ3) is 4.32. The number of benzene rings is 1. The highest BCUT2D eigenvalue weighted by molar-refractivity contribution is 6.29. The van der Waals surface area contributed by atoms with Crippen molar-refractivity contribution in [2.24, 2.45) is 0 Å². The summed E-state index contributed by atoms with van der Waals surface area (Å²) in [6, 6.07) is 9.72. The number of rotatable bonds is 6. The van der Waals surface area contributed by atoms with Crippen LogP contribution in [0.4, 0.5) is 5.82 Å².